The van der Waals surface area contributed by atoms with Gasteiger partial charge < -0.3 is 10.1 Å². The molecular weight excluding hydrogens is 285 g/mol. The molecule has 96 valence electrons. The minimum atomic E-state index is -0.225. The van der Waals surface area contributed by atoms with Gasteiger partial charge in [-0.1, -0.05) is 6.07 Å². The SMILES string of the molecule is CCOCCCNC(C)c1ccc(F)c(Br)c1. The second-order valence-electron chi connectivity index (χ2n) is 3.90. The molecular formula is C13H19BrFNO. The van der Waals surface area contributed by atoms with E-state index in [2.05, 4.69) is 28.2 Å². The summed E-state index contributed by atoms with van der Waals surface area (Å²) in [6.07, 6.45) is 0.987. The van der Waals surface area contributed by atoms with Gasteiger partial charge in [0.25, 0.3) is 0 Å². The van der Waals surface area contributed by atoms with Crippen molar-refractivity contribution >= 4 is 15.9 Å². The van der Waals surface area contributed by atoms with Gasteiger partial charge in [0, 0.05) is 19.3 Å². The minimum Gasteiger partial charge on any atom is -0.382 e. The summed E-state index contributed by atoms with van der Waals surface area (Å²) in [5.41, 5.74) is 1.08. The summed E-state index contributed by atoms with van der Waals surface area (Å²) < 4.78 is 18.8. The number of ether oxygens (including phenoxy) is 1. The first-order valence-corrected chi connectivity index (χ1v) is 6.70. The van der Waals surface area contributed by atoms with Gasteiger partial charge in [-0.3, -0.25) is 0 Å². The maximum Gasteiger partial charge on any atom is 0.137 e. The van der Waals surface area contributed by atoms with E-state index in [4.69, 9.17) is 4.74 Å². The Morgan fingerprint density at radius 1 is 1.47 bits per heavy atom. The van der Waals surface area contributed by atoms with Crippen molar-refractivity contribution in [1.29, 1.82) is 0 Å². The molecule has 17 heavy (non-hydrogen) atoms. The van der Waals surface area contributed by atoms with Crippen LogP contribution in [0, 0.1) is 5.82 Å². The number of halogens is 2. The highest BCUT2D eigenvalue weighted by atomic mass is 79.9. The first kappa shape index (κ1) is 14.6. The molecule has 0 fully saturated rings. The first-order chi connectivity index (χ1) is 8.15. The van der Waals surface area contributed by atoms with Crippen LogP contribution in [0.25, 0.3) is 0 Å². The van der Waals surface area contributed by atoms with Crippen molar-refractivity contribution < 1.29 is 9.13 Å². The van der Waals surface area contributed by atoms with E-state index in [0.29, 0.717) is 4.47 Å². The summed E-state index contributed by atoms with van der Waals surface area (Å²) in [6.45, 7) is 6.51. The molecule has 4 heteroatoms. The molecule has 0 heterocycles. The fourth-order valence-electron chi connectivity index (χ4n) is 1.54. The predicted molar refractivity (Wildman–Crippen MR) is 71.6 cm³/mol. The highest BCUT2D eigenvalue weighted by Gasteiger charge is 2.07. The van der Waals surface area contributed by atoms with Gasteiger partial charge in [0.05, 0.1) is 4.47 Å². The van der Waals surface area contributed by atoms with E-state index in [1.54, 1.807) is 6.07 Å². The largest absolute Gasteiger partial charge is 0.382 e. The molecule has 1 unspecified atom stereocenters. The van der Waals surface area contributed by atoms with Crippen LogP contribution >= 0.6 is 15.9 Å². The van der Waals surface area contributed by atoms with Gasteiger partial charge in [-0.25, -0.2) is 4.39 Å². The Morgan fingerprint density at radius 2 is 2.24 bits per heavy atom. The highest BCUT2D eigenvalue weighted by Crippen LogP contribution is 2.21. The number of benzene rings is 1. The normalized spacial score (nSPS) is 12.7. The topological polar surface area (TPSA) is 21.3 Å². The van der Waals surface area contributed by atoms with E-state index in [0.717, 1.165) is 31.7 Å². The van der Waals surface area contributed by atoms with Crippen LogP contribution in [0.3, 0.4) is 0 Å². The van der Waals surface area contributed by atoms with Crippen LogP contribution in [-0.4, -0.2) is 19.8 Å². The van der Waals surface area contributed by atoms with Crippen molar-refractivity contribution in [2.45, 2.75) is 26.3 Å². The number of hydrogen-bond acceptors (Lipinski definition) is 2. The van der Waals surface area contributed by atoms with E-state index in [1.807, 2.05) is 13.0 Å². The molecule has 0 aromatic heterocycles. The summed E-state index contributed by atoms with van der Waals surface area (Å²) in [7, 11) is 0. The van der Waals surface area contributed by atoms with Crippen LogP contribution in [-0.2, 0) is 4.74 Å². The van der Waals surface area contributed by atoms with Gasteiger partial charge in [0.2, 0.25) is 0 Å². The first-order valence-electron chi connectivity index (χ1n) is 5.91. The second kappa shape index (κ2) is 7.80. The summed E-state index contributed by atoms with van der Waals surface area (Å²) in [5.74, 6) is -0.225. The van der Waals surface area contributed by atoms with Crippen molar-refractivity contribution in [2.24, 2.45) is 0 Å². The second-order valence-corrected chi connectivity index (χ2v) is 4.75. The lowest BCUT2D eigenvalue weighted by Gasteiger charge is -2.14. The Labute approximate surface area is 111 Å². The fraction of sp³-hybridized carbons (Fsp3) is 0.538. The highest BCUT2D eigenvalue weighted by molar-refractivity contribution is 9.10. The molecule has 0 spiro atoms. The van der Waals surface area contributed by atoms with Crippen LogP contribution in [0.5, 0.6) is 0 Å². The molecule has 1 atom stereocenters. The molecule has 0 aliphatic heterocycles. The zero-order valence-electron chi connectivity index (χ0n) is 10.3. The Kier molecular flexibility index (Phi) is 6.70. The average Bonchev–Trinajstić information content (AvgIpc) is 2.32. The zero-order chi connectivity index (χ0) is 12.7. The Balaban J connectivity index is 2.36. The predicted octanol–water partition coefficient (Wildman–Crippen LogP) is 3.67. The van der Waals surface area contributed by atoms with Gasteiger partial charge in [-0.2, -0.15) is 0 Å². The van der Waals surface area contributed by atoms with E-state index in [9.17, 15) is 4.39 Å². The molecule has 1 aromatic carbocycles. The van der Waals surface area contributed by atoms with Crippen LogP contribution in [0.15, 0.2) is 22.7 Å². The van der Waals surface area contributed by atoms with E-state index >= 15 is 0 Å². The zero-order valence-corrected chi connectivity index (χ0v) is 11.9. The van der Waals surface area contributed by atoms with Crippen LogP contribution in [0.4, 0.5) is 4.39 Å². The summed E-state index contributed by atoms with van der Waals surface area (Å²) >= 11 is 3.19. The monoisotopic (exact) mass is 303 g/mol. The van der Waals surface area contributed by atoms with Gasteiger partial charge in [0.1, 0.15) is 5.82 Å². The summed E-state index contributed by atoms with van der Waals surface area (Å²) in [5, 5.41) is 3.38. The van der Waals surface area contributed by atoms with Crippen molar-refractivity contribution in [3.63, 3.8) is 0 Å². The summed E-state index contributed by atoms with van der Waals surface area (Å²) in [4.78, 5) is 0. The minimum absolute atomic E-state index is 0.216. The quantitative estimate of drug-likeness (QED) is 0.776. The van der Waals surface area contributed by atoms with Crippen molar-refractivity contribution in [2.75, 3.05) is 19.8 Å². The van der Waals surface area contributed by atoms with Gasteiger partial charge in [-0.05, 0) is 60.4 Å². The van der Waals surface area contributed by atoms with E-state index in [-0.39, 0.29) is 11.9 Å². The van der Waals surface area contributed by atoms with Crippen LogP contribution in [0.2, 0.25) is 0 Å². The molecule has 0 aliphatic rings. The standard InChI is InChI=1S/C13H19BrFNO/c1-3-17-8-4-7-16-10(2)11-5-6-13(15)12(14)9-11/h5-6,9-10,16H,3-4,7-8H2,1-2H3. The number of hydrogen-bond donors (Lipinski definition) is 1. The molecule has 0 aliphatic carbocycles. The molecule has 1 N–H and O–H groups in total. The van der Waals surface area contributed by atoms with Gasteiger partial charge >= 0.3 is 0 Å². The van der Waals surface area contributed by atoms with Crippen molar-refractivity contribution in [3.8, 4) is 0 Å². The lowest BCUT2D eigenvalue weighted by atomic mass is 10.1. The molecule has 0 amide bonds. The van der Waals surface area contributed by atoms with Crippen LogP contribution < -0.4 is 5.32 Å². The average molecular weight is 304 g/mol. The number of rotatable bonds is 7. The van der Waals surface area contributed by atoms with Crippen molar-refractivity contribution in [1.82, 2.24) is 5.32 Å². The molecule has 0 saturated heterocycles. The third kappa shape index (κ3) is 5.15. The molecule has 1 rings (SSSR count). The Hall–Kier alpha value is -0.450. The molecule has 0 saturated carbocycles. The maximum absolute atomic E-state index is 13.1. The molecule has 1 aromatic rings. The molecule has 0 bridgehead atoms. The third-order valence-electron chi connectivity index (χ3n) is 2.56. The smallest absolute Gasteiger partial charge is 0.137 e. The van der Waals surface area contributed by atoms with Crippen molar-refractivity contribution in [3.05, 3.63) is 34.1 Å². The summed E-state index contributed by atoms with van der Waals surface area (Å²) in [6, 6.07) is 5.32. The van der Waals surface area contributed by atoms with Gasteiger partial charge in [0.15, 0.2) is 0 Å². The molecule has 0 radical (unpaired) electrons. The lowest BCUT2D eigenvalue weighted by molar-refractivity contribution is 0.144. The fourth-order valence-corrected chi connectivity index (χ4v) is 1.93. The third-order valence-corrected chi connectivity index (χ3v) is 3.17. The lowest BCUT2D eigenvalue weighted by Crippen LogP contribution is -2.21. The van der Waals surface area contributed by atoms with Crippen LogP contribution in [0.1, 0.15) is 31.9 Å². The maximum atomic E-state index is 13.1. The molecule has 2 nitrogen and oxygen atoms in total. The van der Waals surface area contributed by atoms with E-state index in [1.165, 1.54) is 6.07 Å². The Bertz CT molecular complexity index is 346. The number of nitrogens with one attached hydrogen (secondary N) is 1. The van der Waals surface area contributed by atoms with E-state index < -0.39 is 0 Å². The van der Waals surface area contributed by atoms with Gasteiger partial charge in [-0.15, -0.1) is 0 Å². The Morgan fingerprint density at radius 3 is 2.88 bits per heavy atom.